The standard InChI is InChI=1S/C19H9N3O/c20-10-11-8-9-13-17-12(11)4-3-5-14(17)19(23)22-16-7-2-1-6-15(16)21-18(13)22/h1-9H. The smallest absolute Gasteiger partial charge is 0.264 e. The zero-order chi connectivity index (χ0) is 15.6. The quantitative estimate of drug-likeness (QED) is 0.439. The van der Waals surface area contributed by atoms with Gasteiger partial charge in [0, 0.05) is 21.5 Å². The molecule has 0 radical (unpaired) electrons. The second-order valence-electron chi connectivity index (χ2n) is 5.57. The van der Waals surface area contributed by atoms with Crippen molar-refractivity contribution in [2.45, 2.75) is 0 Å². The van der Waals surface area contributed by atoms with Gasteiger partial charge in [-0.15, -0.1) is 0 Å². The number of pyridine rings is 1. The van der Waals surface area contributed by atoms with Crippen LogP contribution in [0.3, 0.4) is 0 Å². The van der Waals surface area contributed by atoms with Gasteiger partial charge in [0.05, 0.1) is 22.7 Å². The summed E-state index contributed by atoms with van der Waals surface area (Å²) in [5, 5.41) is 12.5. The summed E-state index contributed by atoms with van der Waals surface area (Å²) in [7, 11) is 0. The fourth-order valence-corrected chi connectivity index (χ4v) is 3.40. The van der Waals surface area contributed by atoms with Gasteiger partial charge in [-0.05, 0) is 30.3 Å². The minimum absolute atomic E-state index is 0.0955. The monoisotopic (exact) mass is 295 g/mol. The molecular weight excluding hydrogens is 286 g/mol. The molecule has 0 unspecified atom stereocenters. The Labute approximate surface area is 130 Å². The third-order valence-corrected chi connectivity index (χ3v) is 4.40. The Morgan fingerprint density at radius 2 is 1.74 bits per heavy atom. The zero-order valence-electron chi connectivity index (χ0n) is 11.9. The van der Waals surface area contributed by atoms with Crippen molar-refractivity contribution in [3.63, 3.8) is 0 Å². The molecule has 2 heterocycles. The van der Waals surface area contributed by atoms with Crippen molar-refractivity contribution in [2.24, 2.45) is 0 Å². The van der Waals surface area contributed by atoms with Crippen LogP contribution >= 0.6 is 0 Å². The molecule has 0 aliphatic carbocycles. The van der Waals surface area contributed by atoms with Crippen LogP contribution in [0.15, 0.2) is 59.4 Å². The topological polar surface area (TPSA) is 58.2 Å². The molecule has 0 saturated heterocycles. The Morgan fingerprint density at radius 3 is 2.61 bits per heavy atom. The van der Waals surface area contributed by atoms with Gasteiger partial charge in [0.25, 0.3) is 5.56 Å². The fourth-order valence-electron chi connectivity index (χ4n) is 3.40. The highest BCUT2D eigenvalue weighted by atomic mass is 16.1. The fraction of sp³-hybridized carbons (Fsp3) is 0. The predicted octanol–water partition coefficient (Wildman–Crippen LogP) is 3.46. The van der Waals surface area contributed by atoms with Crippen molar-refractivity contribution in [3.8, 4) is 6.07 Å². The average Bonchev–Trinajstić information content (AvgIpc) is 2.99. The van der Waals surface area contributed by atoms with E-state index in [-0.39, 0.29) is 5.56 Å². The molecule has 0 atom stereocenters. The van der Waals surface area contributed by atoms with Crippen LogP contribution in [0.25, 0.3) is 38.2 Å². The first-order valence-corrected chi connectivity index (χ1v) is 7.28. The van der Waals surface area contributed by atoms with Crippen LogP contribution < -0.4 is 5.56 Å². The molecule has 0 saturated carbocycles. The predicted molar refractivity (Wildman–Crippen MR) is 89.9 cm³/mol. The van der Waals surface area contributed by atoms with Crippen molar-refractivity contribution in [2.75, 3.05) is 0 Å². The molecule has 0 amide bonds. The highest BCUT2D eigenvalue weighted by molar-refractivity contribution is 6.16. The average molecular weight is 295 g/mol. The minimum Gasteiger partial charge on any atom is -0.268 e. The first-order valence-electron chi connectivity index (χ1n) is 7.28. The minimum atomic E-state index is -0.0955. The zero-order valence-corrected chi connectivity index (χ0v) is 11.9. The lowest BCUT2D eigenvalue weighted by Gasteiger charge is -2.08. The lowest BCUT2D eigenvalue weighted by Crippen LogP contribution is -2.13. The summed E-state index contributed by atoms with van der Waals surface area (Å²) in [6, 6.07) is 19.0. The van der Waals surface area contributed by atoms with E-state index in [4.69, 9.17) is 0 Å². The van der Waals surface area contributed by atoms with E-state index in [2.05, 4.69) is 11.1 Å². The molecule has 0 fully saturated rings. The number of benzene rings is 3. The van der Waals surface area contributed by atoms with Gasteiger partial charge in [0.2, 0.25) is 0 Å². The van der Waals surface area contributed by atoms with Gasteiger partial charge in [-0.3, -0.25) is 9.20 Å². The first kappa shape index (κ1) is 12.1. The second-order valence-corrected chi connectivity index (χ2v) is 5.57. The van der Waals surface area contributed by atoms with Gasteiger partial charge in [-0.2, -0.15) is 5.26 Å². The van der Waals surface area contributed by atoms with Crippen LogP contribution in [-0.2, 0) is 0 Å². The second kappa shape index (κ2) is 4.05. The van der Waals surface area contributed by atoms with E-state index in [1.165, 1.54) is 0 Å². The van der Waals surface area contributed by atoms with Gasteiger partial charge in [-0.1, -0.05) is 24.3 Å². The molecule has 5 rings (SSSR count). The summed E-state index contributed by atoms with van der Waals surface area (Å²) in [5.41, 5.74) is 2.72. The molecule has 4 heteroatoms. The van der Waals surface area contributed by atoms with E-state index in [0.29, 0.717) is 16.6 Å². The maximum absolute atomic E-state index is 13.0. The van der Waals surface area contributed by atoms with Crippen molar-refractivity contribution in [1.82, 2.24) is 9.38 Å². The highest BCUT2D eigenvalue weighted by Crippen LogP contribution is 2.31. The van der Waals surface area contributed by atoms with E-state index >= 15 is 0 Å². The van der Waals surface area contributed by atoms with Gasteiger partial charge >= 0.3 is 0 Å². The number of fused-ring (bicyclic) bond motifs is 4. The highest BCUT2D eigenvalue weighted by Gasteiger charge is 2.16. The maximum Gasteiger partial charge on any atom is 0.264 e. The van der Waals surface area contributed by atoms with Gasteiger partial charge in [-0.25, -0.2) is 4.98 Å². The summed E-state index contributed by atoms with van der Waals surface area (Å²) in [5.74, 6) is 0. The van der Waals surface area contributed by atoms with Gasteiger partial charge in [0.1, 0.15) is 5.65 Å². The number of rotatable bonds is 0. The largest absolute Gasteiger partial charge is 0.268 e. The number of imidazole rings is 1. The number of para-hydroxylation sites is 2. The van der Waals surface area contributed by atoms with Crippen molar-refractivity contribution >= 4 is 38.2 Å². The maximum atomic E-state index is 13.0. The van der Waals surface area contributed by atoms with Crippen molar-refractivity contribution in [3.05, 3.63) is 70.5 Å². The summed E-state index contributed by atoms with van der Waals surface area (Å²) in [4.78, 5) is 17.7. The van der Waals surface area contributed by atoms with Crippen LogP contribution in [0, 0.1) is 11.3 Å². The van der Waals surface area contributed by atoms with Crippen LogP contribution in [0.5, 0.6) is 0 Å². The third-order valence-electron chi connectivity index (χ3n) is 4.40. The van der Waals surface area contributed by atoms with E-state index in [9.17, 15) is 10.1 Å². The SMILES string of the molecule is N#Cc1ccc2c3c1cccc3c(=O)n1c3ccccc3nc21. The molecule has 0 bridgehead atoms. The van der Waals surface area contributed by atoms with Crippen molar-refractivity contribution < 1.29 is 0 Å². The molecule has 0 aliphatic heterocycles. The van der Waals surface area contributed by atoms with Crippen LogP contribution in [-0.4, -0.2) is 9.38 Å². The number of hydrogen-bond donors (Lipinski definition) is 0. The Hall–Kier alpha value is -3.45. The van der Waals surface area contributed by atoms with Crippen molar-refractivity contribution in [1.29, 1.82) is 5.26 Å². The van der Waals surface area contributed by atoms with Crippen LogP contribution in [0.1, 0.15) is 5.56 Å². The van der Waals surface area contributed by atoms with Crippen LogP contribution in [0.4, 0.5) is 0 Å². The molecule has 2 aromatic heterocycles. The molecule has 0 aliphatic rings. The van der Waals surface area contributed by atoms with E-state index < -0.39 is 0 Å². The van der Waals surface area contributed by atoms with Crippen LogP contribution in [0.2, 0.25) is 0 Å². The molecule has 3 aromatic carbocycles. The summed E-state index contributed by atoms with van der Waals surface area (Å²) < 4.78 is 1.67. The molecule has 0 N–H and O–H groups in total. The Morgan fingerprint density at radius 1 is 0.913 bits per heavy atom. The lowest BCUT2D eigenvalue weighted by molar-refractivity contribution is 1.19. The van der Waals surface area contributed by atoms with E-state index in [0.717, 1.165) is 27.2 Å². The Kier molecular flexibility index (Phi) is 2.14. The molecular formula is C19H9N3O. The van der Waals surface area contributed by atoms with E-state index in [1.807, 2.05) is 48.5 Å². The molecule has 23 heavy (non-hydrogen) atoms. The Bertz CT molecular complexity index is 1340. The third kappa shape index (κ3) is 1.39. The van der Waals surface area contributed by atoms with E-state index in [1.54, 1.807) is 10.5 Å². The Balaban J connectivity index is 2.22. The molecule has 106 valence electrons. The number of hydrogen-bond acceptors (Lipinski definition) is 3. The molecule has 0 spiro atoms. The lowest BCUT2D eigenvalue weighted by atomic mass is 9.99. The normalized spacial score (nSPS) is 11.6. The summed E-state index contributed by atoms with van der Waals surface area (Å²) in [6.07, 6.45) is 0. The van der Waals surface area contributed by atoms with Gasteiger partial charge < -0.3 is 0 Å². The summed E-state index contributed by atoms with van der Waals surface area (Å²) in [6.45, 7) is 0. The summed E-state index contributed by atoms with van der Waals surface area (Å²) >= 11 is 0. The number of nitriles is 1. The first-order chi connectivity index (χ1) is 11.3. The molecule has 5 aromatic rings. The van der Waals surface area contributed by atoms with Gasteiger partial charge in [0.15, 0.2) is 0 Å². The number of nitrogens with zero attached hydrogens (tertiary/aromatic N) is 3. The number of aromatic nitrogens is 2. The molecule has 4 nitrogen and oxygen atoms in total.